The molecule has 1 aromatic heterocycles. The van der Waals surface area contributed by atoms with Crippen LogP contribution in [0.15, 0.2) is 59.6 Å². The minimum atomic E-state index is -0.0851. The topological polar surface area (TPSA) is 66.6 Å². The molecule has 2 aromatic carbocycles. The van der Waals surface area contributed by atoms with Crippen molar-refractivity contribution in [1.82, 2.24) is 9.88 Å². The molecule has 0 saturated heterocycles. The van der Waals surface area contributed by atoms with Gasteiger partial charge in [-0.1, -0.05) is 48.5 Å². The molecule has 7 heteroatoms. The summed E-state index contributed by atoms with van der Waals surface area (Å²) in [6.45, 7) is 0.812. The van der Waals surface area contributed by atoms with Gasteiger partial charge in [0.1, 0.15) is 0 Å². The first-order valence-electron chi connectivity index (χ1n) is 9.20. The quantitative estimate of drug-likeness (QED) is 0.554. The molecule has 0 radical (unpaired) electrons. The van der Waals surface area contributed by atoms with Gasteiger partial charge in [0.05, 0.1) is 10.6 Å². The molecule has 1 amide bonds. The molecule has 0 bridgehead atoms. The lowest BCUT2D eigenvalue weighted by Gasteiger charge is -2.07. The van der Waals surface area contributed by atoms with Gasteiger partial charge >= 0.3 is 0 Å². The average Bonchev–Trinajstić information content (AvgIpc) is 3.27. The number of benzene rings is 2. The SMILES string of the molecule is O=C(CCn1c(O)c(/C=C2\C=Nc3ccccc32)sc1=S)NCc1ccccc1. The predicted octanol–water partition coefficient (Wildman–Crippen LogP) is 4.95. The number of carbonyl (C=O) groups is 1. The van der Waals surface area contributed by atoms with Crippen molar-refractivity contribution in [2.75, 3.05) is 0 Å². The molecule has 0 spiro atoms. The van der Waals surface area contributed by atoms with Crippen molar-refractivity contribution >= 4 is 53.0 Å². The van der Waals surface area contributed by atoms with E-state index in [1.165, 1.54) is 11.3 Å². The second-order valence-electron chi connectivity index (χ2n) is 6.59. The third-order valence-electron chi connectivity index (χ3n) is 4.63. The van der Waals surface area contributed by atoms with E-state index in [-0.39, 0.29) is 18.2 Å². The second-order valence-corrected chi connectivity index (χ2v) is 8.27. The van der Waals surface area contributed by atoms with Crippen LogP contribution in [0.3, 0.4) is 0 Å². The fourth-order valence-corrected chi connectivity index (χ4v) is 4.41. The van der Waals surface area contributed by atoms with Gasteiger partial charge in [-0.3, -0.25) is 14.4 Å². The molecule has 0 unspecified atom stereocenters. The highest BCUT2D eigenvalue weighted by Gasteiger charge is 2.15. The van der Waals surface area contributed by atoms with Gasteiger partial charge in [-0.2, -0.15) is 0 Å². The number of nitrogens with zero attached hydrogens (tertiary/aromatic N) is 2. The Kier molecular flexibility index (Phi) is 5.69. The van der Waals surface area contributed by atoms with E-state index in [0.29, 0.717) is 21.9 Å². The van der Waals surface area contributed by atoms with Crippen LogP contribution in [-0.2, 0) is 17.9 Å². The second kappa shape index (κ2) is 8.55. The summed E-state index contributed by atoms with van der Waals surface area (Å²) in [6, 6.07) is 17.6. The van der Waals surface area contributed by atoms with Gasteiger partial charge in [0.15, 0.2) is 3.95 Å². The number of carbonyl (C=O) groups excluding carboxylic acids is 1. The third-order valence-corrected chi connectivity index (χ3v) is 6.02. The van der Waals surface area contributed by atoms with E-state index in [0.717, 1.165) is 22.4 Å². The van der Waals surface area contributed by atoms with Crippen LogP contribution in [0.25, 0.3) is 11.6 Å². The van der Waals surface area contributed by atoms with Crippen molar-refractivity contribution in [3.8, 4) is 5.88 Å². The number of allylic oxidation sites excluding steroid dienone is 1. The van der Waals surface area contributed by atoms with Crippen molar-refractivity contribution in [1.29, 1.82) is 0 Å². The van der Waals surface area contributed by atoms with E-state index < -0.39 is 0 Å². The first kappa shape index (κ1) is 19.3. The van der Waals surface area contributed by atoms with E-state index >= 15 is 0 Å². The molecular weight excluding hydrogens is 402 g/mol. The number of hydrogen-bond donors (Lipinski definition) is 2. The molecule has 2 N–H and O–H groups in total. The number of amides is 1. The fourth-order valence-electron chi connectivity index (χ4n) is 3.10. The zero-order valence-corrected chi connectivity index (χ0v) is 17.2. The number of thiazole rings is 1. The van der Waals surface area contributed by atoms with E-state index in [1.807, 2.05) is 60.7 Å². The molecule has 0 fully saturated rings. The predicted molar refractivity (Wildman–Crippen MR) is 120 cm³/mol. The zero-order valence-electron chi connectivity index (χ0n) is 15.5. The summed E-state index contributed by atoms with van der Waals surface area (Å²) in [7, 11) is 0. The van der Waals surface area contributed by atoms with E-state index in [4.69, 9.17) is 12.2 Å². The largest absolute Gasteiger partial charge is 0.493 e. The monoisotopic (exact) mass is 421 g/mol. The first-order valence-corrected chi connectivity index (χ1v) is 10.4. The van der Waals surface area contributed by atoms with Gasteiger partial charge in [0.25, 0.3) is 0 Å². The van der Waals surface area contributed by atoms with Crippen LogP contribution in [0.2, 0.25) is 0 Å². The molecule has 0 saturated carbocycles. The van der Waals surface area contributed by atoms with Crippen LogP contribution in [-0.4, -0.2) is 21.8 Å². The molecule has 29 heavy (non-hydrogen) atoms. The summed E-state index contributed by atoms with van der Waals surface area (Å²) in [4.78, 5) is 17.2. The number of nitrogens with one attached hydrogen (secondary N) is 1. The Labute approximate surface area is 177 Å². The van der Waals surface area contributed by atoms with Crippen molar-refractivity contribution in [2.45, 2.75) is 19.5 Å². The summed E-state index contributed by atoms with van der Waals surface area (Å²) in [6.07, 6.45) is 3.91. The van der Waals surface area contributed by atoms with Crippen LogP contribution in [0.1, 0.15) is 22.4 Å². The Hall–Kier alpha value is -3.03. The van der Waals surface area contributed by atoms with Gasteiger partial charge < -0.3 is 10.4 Å². The van der Waals surface area contributed by atoms with Crippen molar-refractivity contribution in [2.24, 2.45) is 4.99 Å². The van der Waals surface area contributed by atoms with Crippen molar-refractivity contribution in [3.63, 3.8) is 0 Å². The average molecular weight is 422 g/mol. The number of para-hydroxylation sites is 1. The molecule has 1 aliphatic heterocycles. The molecule has 0 aliphatic carbocycles. The first-order chi connectivity index (χ1) is 14.1. The summed E-state index contributed by atoms with van der Waals surface area (Å²) in [5.74, 6) is -0.000693. The Bertz CT molecular complexity index is 1160. The number of aromatic nitrogens is 1. The summed E-state index contributed by atoms with van der Waals surface area (Å²) in [5, 5.41) is 13.5. The Morgan fingerprint density at radius 2 is 1.93 bits per heavy atom. The highest BCUT2D eigenvalue weighted by Crippen LogP contribution is 2.35. The van der Waals surface area contributed by atoms with E-state index in [9.17, 15) is 9.90 Å². The fraction of sp³-hybridized carbons (Fsp3) is 0.136. The van der Waals surface area contributed by atoms with Crippen LogP contribution in [0.4, 0.5) is 5.69 Å². The Morgan fingerprint density at radius 3 is 2.76 bits per heavy atom. The Morgan fingerprint density at radius 1 is 1.17 bits per heavy atom. The number of aliphatic imine (C=N–C) groups is 1. The summed E-state index contributed by atoms with van der Waals surface area (Å²) < 4.78 is 2.14. The normalized spacial score (nSPS) is 13.6. The van der Waals surface area contributed by atoms with Crippen LogP contribution in [0.5, 0.6) is 5.88 Å². The maximum absolute atomic E-state index is 12.2. The third kappa shape index (κ3) is 4.36. The molecule has 0 atom stereocenters. The van der Waals surface area contributed by atoms with E-state index in [2.05, 4.69) is 10.3 Å². The molecule has 5 nitrogen and oxygen atoms in total. The number of rotatable bonds is 6. The molecule has 1 aliphatic rings. The lowest BCUT2D eigenvalue weighted by Crippen LogP contribution is -2.23. The van der Waals surface area contributed by atoms with Gasteiger partial charge in [-0.05, 0) is 29.9 Å². The lowest BCUT2D eigenvalue weighted by atomic mass is 10.1. The molecular formula is C22H19N3O2S2. The van der Waals surface area contributed by atoms with Gasteiger partial charge in [-0.25, -0.2) is 0 Å². The maximum atomic E-state index is 12.2. The standard InChI is InChI=1S/C22H19N3O2S2/c26-20(24-13-15-6-2-1-3-7-15)10-11-25-21(27)19(29-22(25)28)12-16-14-23-18-9-5-4-8-17(16)18/h1-9,12,14,27H,10-11,13H2,(H,24,26)/b16-12+. The van der Waals surface area contributed by atoms with E-state index in [1.54, 1.807) is 10.8 Å². The number of hydrogen-bond acceptors (Lipinski definition) is 5. The van der Waals surface area contributed by atoms with Crippen LogP contribution < -0.4 is 5.32 Å². The Balaban J connectivity index is 1.43. The van der Waals surface area contributed by atoms with Crippen LogP contribution in [0, 0.1) is 3.95 Å². The highest BCUT2D eigenvalue weighted by molar-refractivity contribution is 7.73. The van der Waals surface area contributed by atoms with Gasteiger partial charge in [0, 0.05) is 36.9 Å². The maximum Gasteiger partial charge on any atom is 0.222 e. The molecule has 146 valence electrons. The lowest BCUT2D eigenvalue weighted by molar-refractivity contribution is -0.121. The van der Waals surface area contributed by atoms with Gasteiger partial charge in [-0.15, -0.1) is 11.3 Å². The summed E-state index contributed by atoms with van der Waals surface area (Å²) >= 11 is 6.72. The van der Waals surface area contributed by atoms with Crippen molar-refractivity contribution in [3.05, 3.63) is 74.6 Å². The number of fused-ring (bicyclic) bond motifs is 1. The van der Waals surface area contributed by atoms with Gasteiger partial charge in [0.2, 0.25) is 11.8 Å². The summed E-state index contributed by atoms with van der Waals surface area (Å²) in [5.41, 5.74) is 3.91. The van der Waals surface area contributed by atoms with Crippen molar-refractivity contribution < 1.29 is 9.90 Å². The number of aromatic hydroxyl groups is 1. The smallest absolute Gasteiger partial charge is 0.222 e. The molecule has 4 rings (SSSR count). The minimum Gasteiger partial charge on any atom is -0.493 e. The zero-order chi connectivity index (χ0) is 20.2. The van der Waals surface area contributed by atoms with Crippen LogP contribution >= 0.6 is 23.6 Å². The minimum absolute atomic E-state index is 0.0844. The molecule has 2 heterocycles. The molecule has 3 aromatic rings. The highest BCUT2D eigenvalue weighted by atomic mass is 32.1.